The van der Waals surface area contributed by atoms with Crippen molar-refractivity contribution in [1.82, 2.24) is 4.72 Å². The monoisotopic (exact) mass is 329 g/mol. The second kappa shape index (κ2) is 7.28. The molecule has 1 aromatic rings. The fourth-order valence-electron chi connectivity index (χ4n) is 1.43. The molecule has 0 aliphatic carbocycles. The van der Waals surface area contributed by atoms with Crippen LogP contribution in [0, 0.1) is 17.3 Å². The summed E-state index contributed by atoms with van der Waals surface area (Å²) in [5, 5.41) is 8.75. The molecule has 0 aliphatic rings. The second-order valence-electron chi connectivity index (χ2n) is 5.45. The molecule has 0 aromatic heterocycles. The molecule has 0 amide bonds. The van der Waals surface area contributed by atoms with E-state index in [4.69, 9.17) is 16.7 Å². The quantitative estimate of drug-likeness (QED) is 0.815. The molecule has 0 spiro atoms. The van der Waals surface area contributed by atoms with E-state index in [2.05, 4.69) is 16.6 Å². The van der Waals surface area contributed by atoms with Crippen molar-refractivity contribution in [2.75, 3.05) is 13.2 Å². The van der Waals surface area contributed by atoms with Gasteiger partial charge in [0.25, 0.3) is 0 Å². The lowest BCUT2D eigenvalue weighted by Crippen LogP contribution is -2.33. The van der Waals surface area contributed by atoms with Crippen molar-refractivity contribution < 1.29 is 13.5 Å². The van der Waals surface area contributed by atoms with Crippen molar-refractivity contribution in [3.8, 4) is 11.8 Å². The van der Waals surface area contributed by atoms with Gasteiger partial charge < -0.3 is 5.11 Å². The molecule has 6 heteroatoms. The van der Waals surface area contributed by atoms with Gasteiger partial charge in [0.05, 0.1) is 5.02 Å². The first-order valence-electron chi connectivity index (χ1n) is 6.61. The van der Waals surface area contributed by atoms with Crippen molar-refractivity contribution in [2.45, 2.75) is 32.1 Å². The van der Waals surface area contributed by atoms with Crippen LogP contribution in [-0.2, 0) is 10.0 Å². The molecule has 0 atom stereocenters. The van der Waals surface area contributed by atoms with E-state index in [0.717, 1.165) is 6.42 Å². The summed E-state index contributed by atoms with van der Waals surface area (Å²) in [5.41, 5.74) is 0.438. The predicted molar refractivity (Wildman–Crippen MR) is 84.7 cm³/mol. The summed E-state index contributed by atoms with van der Waals surface area (Å²) in [6, 6.07) is 4.46. The van der Waals surface area contributed by atoms with Gasteiger partial charge in [-0.25, -0.2) is 13.1 Å². The van der Waals surface area contributed by atoms with Gasteiger partial charge >= 0.3 is 0 Å². The third-order valence-corrected chi connectivity index (χ3v) is 5.12. The zero-order valence-corrected chi connectivity index (χ0v) is 14.0. The number of hydrogen-bond acceptors (Lipinski definition) is 3. The smallest absolute Gasteiger partial charge is 0.242 e. The highest BCUT2D eigenvalue weighted by molar-refractivity contribution is 7.89. The summed E-state index contributed by atoms with van der Waals surface area (Å²) in [7, 11) is -3.65. The predicted octanol–water partition coefficient (Wildman–Crippen LogP) is 2.40. The summed E-state index contributed by atoms with van der Waals surface area (Å²) in [6.45, 7) is 6.07. The van der Waals surface area contributed by atoms with E-state index in [1.165, 1.54) is 12.1 Å². The maximum absolute atomic E-state index is 12.3. The maximum atomic E-state index is 12.3. The molecule has 0 heterocycles. The summed E-state index contributed by atoms with van der Waals surface area (Å²) in [4.78, 5) is 0.0330. The Hall–Kier alpha value is -1.06. The van der Waals surface area contributed by atoms with Crippen LogP contribution in [0.5, 0.6) is 0 Å². The third-order valence-electron chi connectivity index (χ3n) is 3.23. The van der Waals surface area contributed by atoms with Gasteiger partial charge in [0, 0.05) is 12.1 Å². The number of halogens is 1. The van der Waals surface area contributed by atoms with Crippen molar-refractivity contribution in [3.05, 3.63) is 28.8 Å². The Morgan fingerprint density at radius 3 is 2.57 bits per heavy atom. The number of sulfonamides is 1. The molecule has 0 saturated carbocycles. The van der Waals surface area contributed by atoms with Crippen molar-refractivity contribution >= 4 is 21.6 Å². The van der Waals surface area contributed by atoms with Crippen LogP contribution < -0.4 is 4.72 Å². The van der Waals surface area contributed by atoms with Crippen LogP contribution >= 0.6 is 11.6 Å². The third kappa shape index (κ3) is 5.33. The van der Waals surface area contributed by atoms with Gasteiger partial charge in [0.15, 0.2) is 0 Å². The van der Waals surface area contributed by atoms with Gasteiger partial charge in [-0.05, 0) is 30.0 Å². The summed E-state index contributed by atoms with van der Waals surface area (Å²) < 4.78 is 27.1. The van der Waals surface area contributed by atoms with Crippen LogP contribution in [-0.4, -0.2) is 26.7 Å². The lowest BCUT2D eigenvalue weighted by Gasteiger charge is -2.22. The second-order valence-corrected chi connectivity index (χ2v) is 7.59. The number of rotatable bonds is 5. The first-order chi connectivity index (χ1) is 9.72. The van der Waals surface area contributed by atoms with Crippen LogP contribution in [0.25, 0.3) is 0 Å². The van der Waals surface area contributed by atoms with E-state index in [1.54, 1.807) is 6.07 Å². The molecule has 0 unspecified atom stereocenters. The molecule has 0 aliphatic heterocycles. The zero-order chi connectivity index (χ0) is 16.1. The first-order valence-corrected chi connectivity index (χ1v) is 8.47. The Balaban J connectivity index is 2.99. The Bertz CT molecular complexity index is 657. The van der Waals surface area contributed by atoms with Crippen LogP contribution in [0.4, 0.5) is 0 Å². The van der Waals surface area contributed by atoms with Crippen LogP contribution in [0.2, 0.25) is 5.02 Å². The van der Waals surface area contributed by atoms with Gasteiger partial charge in [-0.2, -0.15) is 0 Å². The molecule has 1 aromatic carbocycles. The molecule has 0 fully saturated rings. The van der Waals surface area contributed by atoms with Crippen LogP contribution in [0.15, 0.2) is 23.1 Å². The molecular formula is C15H20ClNO3S. The number of nitrogens with one attached hydrogen (secondary N) is 1. The largest absolute Gasteiger partial charge is 0.384 e. The summed E-state index contributed by atoms with van der Waals surface area (Å²) in [5.74, 6) is 5.16. The Morgan fingerprint density at radius 1 is 1.38 bits per heavy atom. The van der Waals surface area contributed by atoms with Crippen LogP contribution in [0.3, 0.4) is 0 Å². The highest BCUT2D eigenvalue weighted by Gasteiger charge is 2.22. The minimum Gasteiger partial charge on any atom is -0.384 e. The molecule has 2 N–H and O–H groups in total. The average Bonchev–Trinajstić information content (AvgIpc) is 2.43. The zero-order valence-electron chi connectivity index (χ0n) is 12.4. The maximum Gasteiger partial charge on any atom is 0.242 e. The molecular weight excluding hydrogens is 310 g/mol. The van der Waals surface area contributed by atoms with Crippen molar-refractivity contribution in [2.24, 2.45) is 5.41 Å². The number of aliphatic hydroxyl groups is 1. The standard InChI is InChI=1S/C15H20ClNO3S/c1-4-15(2,3)11-17-21(19,20)14-8-7-12(6-5-9-18)10-13(14)16/h7-8,10,17-18H,4,9,11H2,1-3H3. The van der Waals surface area contributed by atoms with E-state index in [-0.39, 0.29) is 21.9 Å². The Kier molecular flexibility index (Phi) is 6.24. The lowest BCUT2D eigenvalue weighted by molar-refractivity contribution is 0.350. The molecule has 0 radical (unpaired) electrons. The van der Waals surface area contributed by atoms with E-state index >= 15 is 0 Å². The fraction of sp³-hybridized carbons (Fsp3) is 0.467. The van der Waals surface area contributed by atoms with Gasteiger partial charge in [-0.1, -0.05) is 44.2 Å². The molecule has 21 heavy (non-hydrogen) atoms. The molecule has 1 rings (SSSR count). The van der Waals surface area contributed by atoms with Crippen molar-refractivity contribution in [1.29, 1.82) is 0 Å². The average molecular weight is 330 g/mol. The molecule has 0 saturated heterocycles. The summed E-state index contributed by atoms with van der Waals surface area (Å²) >= 11 is 6.03. The van der Waals surface area contributed by atoms with E-state index in [9.17, 15) is 8.42 Å². The fourth-order valence-corrected chi connectivity index (χ4v) is 3.22. The van der Waals surface area contributed by atoms with Crippen LogP contribution in [0.1, 0.15) is 32.8 Å². The topological polar surface area (TPSA) is 66.4 Å². The normalized spacial score (nSPS) is 11.9. The lowest BCUT2D eigenvalue weighted by atomic mass is 9.91. The number of hydrogen-bond donors (Lipinski definition) is 2. The molecule has 4 nitrogen and oxygen atoms in total. The highest BCUT2D eigenvalue weighted by Crippen LogP contribution is 2.24. The SMILES string of the molecule is CCC(C)(C)CNS(=O)(=O)c1ccc(C#CCO)cc1Cl. The van der Waals surface area contributed by atoms with Crippen molar-refractivity contribution in [3.63, 3.8) is 0 Å². The molecule has 0 bridgehead atoms. The van der Waals surface area contributed by atoms with Gasteiger partial charge in [-0.3, -0.25) is 0 Å². The number of aliphatic hydroxyl groups excluding tert-OH is 1. The van der Waals surface area contributed by atoms with Gasteiger partial charge in [0.1, 0.15) is 11.5 Å². The Labute approximate surface area is 131 Å². The van der Waals surface area contributed by atoms with E-state index in [0.29, 0.717) is 12.1 Å². The van der Waals surface area contributed by atoms with Gasteiger partial charge in [-0.15, -0.1) is 0 Å². The first kappa shape index (κ1) is 18.0. The number of benzene rings is 1. The Morgan fingerprint density at radius 2 is 2.05 bits per heavy atom. The highest BCUT2D eigenvalue weighted by atomic mass is 35.5. The summed E-state index contributed by atoms with van der Waals surface area (Å²) in [6.07, 6.45) is 0.860. The minimum atomic E-state index is -3.65. The van der Waals surface area contributed by atoms with Gasteiger partial charge in [0.2, 0.25) is 10.0 Å². The molecule has 116 valence electrons. The van der Waals surface area contributed by atoms with E-state index < -0.39 is 10.0 Å². The van der Waals surface area contributed by atoms with E-state index in [1.807, 2.05) is 20.8 Å². The minimum absolute atomic E-state index is 0.0330.